The summed E-state index contributed by atoms with van der Waals surface area (Å²) in [6.07, 6.45) is 0.637. The van der Waals surface area contributed by atoms with Gasteiger partial charge in [0.25, 0.3) is 0 Å². The SMILES string of the molecule is COC(=O)c1ccc(OCC(O)CSc2nc3ncnc(N)c3[nH]2)cc1. The summed E-state index contributed by atoms with van der Waals surface area (Å²) in [4.78, 5) is 26.6. The average molecular weight is 375 g/mol. The Morgan fingerprint density at radius 2 is 2.12 bits per heavy atom. The lowest BCUT2D eigenvalue weighted by atomic mass is 10.2. The van der Waals surface area contributed by atoms with Crippen LogP contribution in [-0.2, 0) is 4.74 Å². The highest BCUT2D eigenvalue weighted by Gasteiger charge is 2.12. The zero-order valence-corrected chi connectivity index (χ0v) is 14.7. The molecule has 0 fully saturated rings. The van der Waals surface area contributed by atoms with Crippen molar-refractivity contribution in [3.8, 4) is 5.75 Å². The molecule has 10 heteroatoms. The number of hydrogen-bond donors (Lipinski definition) is 3. The first-order valence-corrected chi connectivity index (χ1v) is 8.63. The van der Waals surface area contributed by atoms with Crippen LogP contribution in [0.15, 0.2) is 35.7 Å². The summed E-state index contributed by atoms with van der Waals surface area (Å²) in [5.74, 6) is 0.833. The number of fused-ring (bicyclic) bond motifs is 1. The fraction of sp³-hybridized carbons (Fsp3) is 0.250. The van der Waals surface area contributed by atoms with Crippen LogP contribution in [0.4, 0.5) is 5.82 Å². The number of H-pyrrole nitrogens is 1. The van der Waals surface area contributed by atoms with Gasteiger partial charge in [-0.2, -0.15) is 0 Å². The van der Waals surface area contributed by atoms with E-state index >= 15 is 0 Å². The van der Waals surface area contributed by atoms with Crippen molar-refractivity contribution in [2.45, 2.75) is 11.3 Å². The molecule has 4 N–H and O–H groups in total. The molecule has 3 rings (SSSR count). The number of aliphatic hydroxyl groups excluding tert-OH is 1. The van der Waals surface area contributed by atoms with Gasteiger partial charge >= 0.3 is 5.97 Å². The molecule has 0 radical (unpaired) electrons. The molecule has 0 aliphatic rings. The minimum Gasteiger partial charge on any atom is -0.491 e. The van der Waals surface area contributed by atoms with E-state index < -0.39 is 12.1 Å². The Balaban J connectivity index is 1.50. The molecule has 26 heavy (non-hydrogen) atoms. The first-order chi connectivity index (χ1) is 12.6. The number of imidazole rings is 1. The van der Waals surface area contributed by atoms with E-state index in [-0.39, 0.29) is 6.61 Å². The number of thioether (sulfide) groups is 1. The molecule has 2 heterocycles. The highest BCUT2D eigenvalue weighted by Crippen LogP contribution is 2.21. The van der Waals surface area contributed by atoms with Crippen molar-refractivity contribution in [3.05, 3.63) is 36.2 Å². The van der Waals surface area contributed by atoms with Crippen LogP contribution >= 0.6 is 11.8 Å². The average Bonchev–Trinajstić information content (AvgIpc) is 3.09. The third-order valence-electron chi connectivity index (χ3n) is 3.43. The predicted molar refractivity (Wildman–Crippen MR) is 96.1 cm³/mol. The second-order valence-corrected chi connectivity index (χ2v) is 6.30. The lowest BCUT2D eigenvalue weighted by Gasteiger charge is -2.11. The maximum absolute atomic E-state index is 11.4. The first kappa shape index (κ1) is 18.0. The lowest BCUT2D eigenvalue weighted by Crippen LogP contribution is -2.20. The number of aromatic nitrogens is 4. The van der Waals surface area contributed by atoms with E-state index in [2.05, 4.69) is 24.7 Å². The predicted octanol–water partition coefficient (Wildman–Crippen LogP) is 1.25. The van der Waals surface area contributed by atoms with E-state index in [0.717, 1.165) is 0 Å². The van der Waals surface area contributed by atoms with Gasteiger partial charge in [-0.15, -0.1) is 0 Å². The number of hydrogen-bond acceptors (Lipinski definition) is 9. The van der Waals surface area contributed by atoms with Crippen molar-refractivity contribution in [2.75, 3.05) is 25.2 Å². The van der Waals surface area contributed by atoms with Crippen LogP contribution in [0.5, 0.6) is 5.75 Å². The number of carbonyl (C=O) groups excluding carboxylic acids is 1. The highest BCUT2D eigenvalue weighted by atomic mass is 32.2. The minimum atomic E-state index is -0.711. The van der Waals surface area contributed by atoms with Gasteiger partial charge in [-0.05, 0) is 24.3 Å². The Hall–Kier alpha value is -2.85. The molecule has 0 saturated heterocycles. The number of nitrogens with zero attached hydrogens (tertiary/aromatic N) is 3. The number of carbonyl (C=O) groups is 1. The van der Waals surface area contributed by atoms with Gasteiger partial charge in [0.05, 0.1) is 18.8 Å². The second-order valence-electron chi connectivity index (χ2n) is 5.29. The molecule has 0 spiro atoms. The second kappa shape index (κ2) is 8.02. The number of aliphatic hydroxyl groups is 1. The number of benzene rings is 1. The molecule has 1 unspecified atom stereocenters. The molecule has 136 valence electrons. The highest BCUT2D eigenvalue weighted by molar-refractivity contribution is 7.99. The Kier molecular flexibility index (Phi) is 5.54. The first-order valence-electron chi connectivity index (χ1n) is 7.65. The fourth-order valence-electron chi connectivity index (χ4n) is 2.11. The molecule has 9 nitrogen and oxygen atoms in total. The summed E-state index contributed by atoms with van der Waals surface area (Å²) in [5, 5.41) is 10.7. The summed E-state index contributed by atoms with van der Waals surface area (Å²) >= 11 is 1.33. The number of methoxy groups -OCH3 is 1. The molecule has 0 aliphatic carbocycles. The van der Waals surface area contributed by atoms with Crippen LogP contribution < -0.4 is 10.5 Å². The van der Waals surface area contributed by atoms with Crippen LogP contribution in [0, 0.1) is 0 Å². The maximum Gasteiger partial charge on any atom is 0.337 e. The van der Waals surface area contributed by atoms with E-state index in [9.17, 15) is 9.90 Å². The van der Waals surface area contributed by atoms with Gasteiger partial charge in [-0.1, -0.05) is 11.8 Å². The van der Waals surface area contributed by atoms with E-state index in [1.165, 1.54) is 25.2 Å². The number of esters is 1. The van der Waals surface area contributed by atoms with E-state index in [1.54, 1.807) is 24.3 Å². The Bertz CT molecular complexity index is 899. The Labute approximate surface area is 153 Å². The zero-order valence-electron chi connectivity index (χ0n) is 13.9. The molecular formula is C16H17N5O4S. The topological polar surface area (TPSA) is 136 Å². The number of nitrogens with one attached hydrogen (secondary N) is 1. The van der Waals surface area contributed by atoms with Crippen LogP contribution in [-0.4, -0.2) is 56.6 Å². The molecule has 2 aromatic heterocycles. The van der Waals surface area contributed by atoms with Crippen molar-refractivity contribution in [2.24, 2.45) is 0 Å². The number of nitrogens with two attached hydrogens (primary N) is 1. The van der Waals surface area contributed by atoms with Gasteiger partial charge in [0.1, 0.15) is 24.2 Å². The molecule has 0 amide bonds. The molecule has 1 aromatic carbocycles. The normalized spacial score (nSPS) is 12.1. The fourth-order valence-corrected chi connectivity index (χ4v) is 2.89. The lowest BCUT2D eigenvalue weighted by molar-refractivity contribution is 0.0600. The molecule has 0 bridgehead atoms. The Morgan fingerprint density at radius 1 is 1.35 bits per heavy atom. The number of rotatable bonds is 7. The monoisotopic (exact) mass is 375 g/mol. The van der Waals surface area contributed by atoms with Gasteiger partial charge in [0, 0.05) is 5.75 Å². The van der Waals surface area contributed by atoms with Crippen LogP contribution in [0.25, 0.3) is 11.2 Å². The van der Waals surface area contributed by atoms with Crippen LogP contribution in [0.1, 0.15) is 10.4 Å². The summed E-state index contributed by atoms with van der Waals surface area (Å²) < 4.78 is 10.1. The summed E-state index contributed by atoms with van der Waals surface area (Å²) in [7, 11) is 1.32. The molecular weight excluding hydrogens is 358 g/mol. The van der Waals surface area contributed by atoms with Crippen molar-refractivity contribution in [1.82, 2.24) is 19.9 Å². The van der Waals surface area contributed by atoms with Crippen molar-refractivity contribution in [1.29, 1.82) is 0 Å². The third kappa shape index (κ3) is 4.21. The van der Waals surface area contributed by atoms with E-state index in [1.807, 2.05) is 0 Å². The van der Waals surface area contributed by atoms with Crippen molar-refractivity contribution >= 4 is 34.7 Å². The quantitative estimate of drug-likeness (QED) is 0.411. The van der Waals surface area contributed by atoms with Gasteiger partial charge in [0.15, 0.2) is 16.6 Å². The molecule has 1 atom stereocenters. The summed E-state index contributed by atoms with van der Waals surface area (Å²) in [5.41, 5.74) is 7.24. The standard InChI is InChI=1S/C16H17N5O4S/c1-24-15(23)9-2-4-11(5-3-9)25-6-10(22)7-26-16-20-12-13(17)18-8-19-14(12)21-16/h2-5,8,10,22H,6-7H2,1H3,(H3,17,18,19,20,21). The van der Waals surface area contributed by atoms with E-state index in [0.29, 0.717) is 39.2 Å². The molecule has 0 saturated carbocycles. The van der Waals surface area contributed by atoms with E-state index in [4.69, 9.17) is 10.5 Å². The van der Waals surface area contributed by atoms with Crippen molar-refractivity contribution < 1.29 is 19.4 Å². The summed E-state index contributed by atoms with van der Waals surface area (Å²) in [6.45, 7) is 0.104. The van der Waals surface area contributed by atoms with Crippen LogP contribution in [0.3, 0.4) is 0 Å². The molecule has 0 aliphatic heterocycles. The maximum atomic E-state index is 11.4. The molecule has 3 aromatic rings. The van der Waals surface area contributed by atoms with Crippen LogP contribution in [0.2, 0.25) is 0 Å². The Morgan fingerprint density at radius 3 is 2.81 bits per heavy atom. The van der Waals surface area contributed by atoms with Gasteiger partial charge < -0.3 is 25.3 Å². The summed E-state index contributed by atoms with van der Waals surface area (Å²) in [6, 6.07) is 6.49. The third-order valence-corrected chi connectivity index (χ3v) is 4.44. The van der Waals surface area contributed by atoms with Gasteiger partial charge in [-0.3, -0.25) is 0 Å². The van der Waals surface area contributed by atoms with Crippen molar-refractivity contribution in [3.63, 3.8) is 0 Å². The zero-order chi connectivity index (χ0) is 18.5. The smallest absolute Gasteiger partial charge is 0.337 e. The number of ether oxygens (including phenoxy) is 2. The number of aromatic amines is 1. The minimum absolute atomic E-state index is 0.104. The number of anilines is 1. The number of nitrogen functional groups attached to an aromatic ring is 1. The largest absolute Gasteiger partial charge is 0.491 e. The van der Waals surface area contributed by atoms with Gasteiger partial charge in [0.2, 0.25) is 0 Å². The van der Waals surface area contributed by atoms with Gasteiger partial charge in [-0.25, -0.2) is 19.7 Å².